The number of nitrogens with zero attached hydrogens (tertiary/aromatic N) is 3. The zero-order chi connectivity index (χ0) is 13.8. The molecule has 2 N–H and O–H groups in total. The van der Waals surface area contributed by atoms with E-state index in [9.17, 15) is 4.79 Å². The first-order chi connectivity index (χ1) is 9.15. The number of amides is 1. The molecule has 1 aromatic carbocycles. The molecule has 5 nitrogen and oxygen atoms in total. The minimum Gasteiger partial charge on any atom is -0.329 e. The van der Waals surface area contributed by atoms with Gasteiger partial charge in [-0.15, -0.1) is 0 Å². The van der Waals surface area contributed by atoms with Crippen LogP contribution in [0.2, 0.25) is 0 Å². The van der Waals surface area contributed by atoms with Crippen molar-refractivity contribution in [3.63, 3.8) is 0 Å². The summed E-state index contributed by atoms with van der Waals surface area (Å²) in [5.41, 5.74) is 7.08. The highest BCUT2D eigenvalue weighted by molar-refractivity contribution is 5.95. The Kier molecular flexibility index (Phi) is 4.15. The molecule has 1 amide bonds. The van der Waals surface area contributed by atoms with Crippen LogP contribution >= 0.6 is 0 Å². The molecule has 0 bridgehead atoms. The van der Waals surface area contributed by atoms with Gasteiger partial charge in [0.15, 0.2) is 0 Å². The number of hydrogen-bond donors (Lipinski definition) is 1. The molecule has 2 rings (SSSR count). The number of nitriles is 1. The highest BCUT2D eigenvalue weighted by atomic mass is 16.2. The Bertz CT molecular complexity index is 491. The van der Waals surface area contributed by atoms with Gasteiger partial charge in [-0.1, -0.05) is 0 Å². The van der Waals surface area contributed by atoms with Crippen molar-refractivity contribution in [1.82, 2.24) is 4.90 Å². The van der Waals surface area contributed by atoms with Gasteiger partial charge in [-0.25, -0.2) is 0 Å². The summed E-state index contributed by atoms with van der Waals surface area (Å²) in [4.78, 5) is 16.0. The predicted molar refractivity (Wildman–Crippen MR) is 73.6 cm³/mol. The fourth-order valence-electron chi connectivity index (χ4n) is 2.21. The summed E-state index contributed by atoms with van der Waals surface area (Å²) in [6.45, 7) is 4.48. The predicted octanol–water partition coefficient (Wildman–Crippen LogP) is 0.554. The number of benzene rings is 1. The minimum absolute atomic E-state index is 0.0799. The number of carbonyl (C=O) groups excluding carboxylic acids is 1. The number of piperazine rings is 1. The van der Waals surface area contributed by atoms with Gasteiger partial charge in [0.25, 0.3) is 0 Å². The summed E-state index contributed by atoms with van der Waals surface area (Å²) in [6.07, 6.45) is 0. The van der Waals surface area contributed by atoms with Gasteiger partial charge in [0.2, 0.25) is 5.91 Å². The Morgan fingerprint density at radius 2 is 2.05 bits per heavy atom. The van der Waals surface area contributed by atoms with Crippen molar-refractivity contribution in [2.45, 2.75) is 13.0 Å². The Balaban J connectivity index is 2.07. The molecule has 19 heavy (non-hydrogen) atoms. The first kappa shape index (κ1) is 13.5. The van der Waals surface area contributed by atoms with Gasteiger partial charge < -0.3 is 10.6 Å². The molecule has 0 saturated carbocycles. The number of rotatable bonds is 3. The standard InChI is InChI=1S/C14H18N4O/c1-11(8-15)17-6-7-18(14(19)10-17)13-4-2-12(9-16)3-5-13/h2-5,11H,6-8,10,15H2,1H3. The summed E-state index contributed by atoms with van der Waals surface area (Å²) < 4.78 is 0. The molecule has 1 unspecified atom stereocenters. The average Bonchev–Trinajstić information content (AvgIpc) is 2.46. The van der Waals surface area contributed by atoms with E-state index < -0.39 is 0 Å². The summed E-state index contributed by atoms with van der Waals surface area (Å²) >= 11 is 0. The van der Waals surface area contributed by atoms with E-state index in [0.29, 0.717) is 25.2 Å². The summed E-state index contributed by atoms with van der Waals surface area (Å²) in [7, 11) is 0. The Hall–Kier alpha value is -1.90. The normalized spacial score (nSPS) is 18.2. The van der Waals surface area contributed by atoms with E-state index in [2.05, 4.69) is 11.0 Å². The van der Waals surface area contributed by atoms with Crippen molar-refractivity contribution in [3.8, 4) is 6.07 Å². The first-order valence-corrected chi connectivity index (χ1v) is 6.40. The SMILES string of the molecule is CC(CN)N1CCN(c2ccc(C#N)cc2)C(=O)C1. The van der Waals surface area contributed by atoms with Crippen LogP contribution < -0.4 is 10.6 Å². The van der Waals surface area contributed by atoms with Crippen LogP contribution in [0.3, 0.4) is 0 Å². The summed E-state index contributed by atoms with van der Waals surface area (Å²) in [6, 6.07) is 9.40. The van der Waals surface area contributed by atoms with Crippen molar-refractivity contribution in [3.05, 3.63) is 29.8 Å². The molecule has 1 atom stereocenters. The smallest absolute Gasteiger partial charge is 0.241 e. The fraction of sp³-hybridized carbons (Fsp3) is 0.429. The molecule has 0 radical (unpaired) electrons. The molecule has 1 aromatic rings. The van der Waals surface area contributed by atoms with Gasteiger partial charge in [0.05, 0.1) is 18.2 Å². The first-order valence-electron chi connectivity index (χ1n) is 6.40. The van der Waals surface area contributed by atoms with Gasteiger partial charge in [-0.3, -0.25) is 9.69 Å². The Labute approximate surface area is 113 Å². The van der Waals surface area contributed by atoms with Crippen LogP contribution in [0.15, 0.2) is 24.3 Å². The van der Waals surface area contributed by atoms with Crippen molar-refractivity contribution in [2.24, 2.45) is 5.73 Å². The zero-order valence-corrected chi connectivity index (χ0v) is 11.0. The van der Waals surface area contributed by atoms with Crippen LogP contribution in [-0.4, -0.2) is 43.0 Å². The lowest BCUT2D eigenvalue weighted by molar-refractivity contribution is -0.121. The topological polar surface area (TPSA) is 73.4 Å². The highest BCUT2D eigenvalue weighted by Crippen LogP contribution is 2.18. The zero-order valence-electron chi connectivity index (χ0n) is 11.0. The largest absolute Gasteiger partial charge is 0.329 e. The average molecular weight is 258 g/mol. The number of anilines is 1. The lowest BCUT2D eigenvalue weighted by atomic mass is 10.1. The van der Waals surface area contributed by atoms with Gasteiger partial charge in [-0.2, -0.15) is 5.26 Å². The molecule has 1 aliphatic heterocycles. The van der Waals surface area contributed by atoms with Crippen LogP contribution in [0, 0.1) is 11.3 Å². The second-order valence-electron chi connectivity index (χ2n) is 4.76. The maximum Gasteiger partial charge on any atom is 0.241 e. The third-order valence-electron chi connectivity index (χ3n) is 3.52. The van der Waals surface area contributed by atoms with Crippen LogP contribution in [0.25, 0.3) is 0 Å². The van der Waals surface area contributed by atoms with E-state index in [1.165, 1.54) is 0 Å². The molecule has 0 aromatic heterocycles. The van der Waals surface area contributed by atoms with Crippen molar-refractivity contribution < 1.29 is 4.79 Å². The molecule has 1 fully saturated rings. The Morgan fingerprint density at radius 3 is 2.58 bits per heavy atom. The molecular weight excluding hydrogens is 240 g/mol. The quantitative estimate of drug-likeness (QED) is 0.859. The van der Waals surface area contributed by atoms with Crippen LogP contribution in [0.4, 0.5) is 5.69 Å². The fourth-order valence-corrected chi connectivity index (χ4v) is 2.21. The third-order valence-corrected chi connectivity index (χ3v) is 3.52. The maximum atomic E-state index is 12.2. The molecule has 100 valence electrons. The van der Waals surface area contributed by atoms with Gasteiger partial charge in [0, 0.05) is 31.4 Å². The summed E-state index contributed by atoms with van der Waals surface area (Å²) in [5, 5.41) is 8.76. The number of carbonyl (C=O) groups is 1. The van der Waals surface area contributed by atoms with Crippen LogP contribution in [0.1, 0.15) is 12.5 Å². The molecule has 0 spiro atoms. The molecule has 5 heteroatoms. The number of hydrogen-bond acceptors (Lipinski definition) is 4. The third kappa shape index (κ3) is 2.92. The van der Waals surface area contributed by atoms with E-state index >= 15 is 0 Å². The molecule has 1 aliphatic rings. The van der Waals surface area contributed by atoms with E-state index in [4.69, 9.17) is 11.0 Å². The minimum atomic E-state index is 0.0799. The number of nitrogens with two attached hydrogens (primary N) is 1. The Morgan fingerprint density at radius 1 is 1.37 bits per heavy atom. The van der Waals surface area contributed by atoms with Crippen LogP contribution in [0.5, 0.6) is 0 Å². The summed E-state index contributed by atoms with van der Waals surface area (Å²) in [5.74, 6) is 0.0799. The van der Waals surface area contributed by atoms with E-state index in [-0.39, 0.29) is 11.9 Å². The lowest BCUT2D eigenvalue weighted by Gasteiger charge is -2.37. The second kappa shape index (κ2) is 5.83. The molecule has 1 saturated heterocycles. The highest BCUT2D eigenvalue weighted by Gasteiger charge is 2.27. The van der Waals surface area contributed by atoms with Gasteiger partial charge >= 0.3 is 0 Å². The van der Waals surface area contributed by atoms with Crippen molar-refractivity contribution in [2.75, 3.05) is 31.1 Å². The maximum absolute atomic E-state index is 12.2. The monoisotopic (exact) mass is 258 g/mol. The molecular formula is C14H18N4O. The van der Waals surface area contributed by atoms with E-state index in [0.717, 1.165) is 12.2 Å². The second-order valence-corrected chi connectivity index (χ2v) is 4.76. The molecule has 1 heterocycles. The lowest BCUT2D eigenvalue weighted by Crippen LogP contribution is -2.54. The van der Waals surface area contributed by atoms with Gasteiger partial charge in [-0.05, 0) is 31.2 Å². The van der Waals surface area contributed by atoms with E-state index in [1.807, 2.05) is 19.1 Å². The van der Waals surface area contributed by atoms with Crippen molar-refractivity contribution in [1.29, 1.82) is 5.26 Å². The van der Waals surface area contributed by atoms with Crippen molar-refractivity contribution >= 4 is 11.6 Å². The van der Waals surface area contributed by atoms with E-state index in [1.54, 1.807) is 17.0 Å². The molecule has 0 aliphatic carbocycles. The van der Waals surface area contributed by atoms with Gasteiger partial charge in [0.1, 0.15) is 0 Å². The van der Waals surface area contributed by atoms with Crippen LogP contribution in [-0.2, 0) is 4.79 Å².